The Balaban J connectivity index is 0.919. The molecule has 3 saturated carbocycles. The van der Waals surface area contributed by atoms with E-state index in [0.29, 0.717) is 44.9 Å². The van der Waals surface area contributed by atoms with Crippen LogP contribution in [0.4, 0.5) is 0 Å². The van der Waals surface area contributed by atoms with E-state index in [9.17, 15) is 83.5 Å². The predicted molar refractivity (Wildman–Crippen MR) is 309 cm³/mol. The molecule has 32 heteroatoms. The third kappa shape index (κ3) is 13.0. The summed E-state index contributed by atoms with van der Waals surface area (Å²) < 4.78 is 118. The van der Waals surface area contributed by atoms with Crippen molar-refractivity contribution in [3.05, 3.63) is 11.6 Å². The van der Waals surface area contributed by atoms with Gasteiger partial charge in [-0.2, -0.15) is 8.42 Å². The van der Waals surface area contributed by atoms with E-state index in [2.05, 4.69) is 19.9 Å². The Hall–Kier alpha value is -2.66. The van der Waals surface area contributed by atoms with E-state index >= 15 is 0 Å². The minimum atomic E-state index is -5.29. The summed E-state index contributed by atoms with van der Waals surface area (Å²) in [6.45, 7) is 13.6. The van der Waals surface area contributed by atoms with Gasteiger partial charge in [-0.25, -0.2) is 4.18 Å². The molecular formula is C61H96O31S. The molecule has 33 atom stereocenters. The fraction of sp³-hybridized carbons (Fsp3) is 0.918. The molecule has 31 nitrogen and oxygen atoms in total. The van der Waals surface area contributed by atoms with Crippen LogP contribution >= 0.6 is 0 Å². The molecule has 0 aromatic heterocycles. The van der Waals surface area contributed by atoms with Gasteiger partial charge < -0.3 is 118 Å². The van der Waals surface area contributed by atoms with Crippen molar-refractivity contribution in [3.63, 3.8) is 0 Å². The zero-order valence-electron chi connectivity index (χ0n) is 53.8. The van der Waals surface area contributed by atoms with Crippen molar-refractivity contribution < 1.29 is 149 Å². The number of hydrogen-bond donors (Lipinski definition) is 12. The van der Waals surface area contributed by atoms with Gasteiger partial charge in [-0.1, -0.05) is 53.2 Å². The largest absolute Gasteiger partial charge is 0.462 e. The highest BCUT2D eigenvalue weighted by Gasteiger charge is 2.80. The van der Waals surface area contributed by atoms with Gasteiger partial charge in [0.25, 0.3) is 0 Å². The molecule has 6 saturated heterocycles. The molecule has 4 aliphatic carbocycles. The van der Waals surface area contributed by atoms with E-state index in [1.54, 1.807) is 6.92 Å². The molecule has 9 fully saturated rings. The van der Waals surface area contributed by atoms with Gasteiger partial charge in [0.15, 0.2) is 31.5 Å². The lowest BCUT2D eigenvalue weighted by Gasteiger charge is -2.64. The Labute approximate surface area is 539 Å². The van der Waals surface area contributed by atoms with Crippen LogP contribution in [-0.2, 0) is 90.5 Å². The van der Waals surface area contributed by atoms with E-state index in [1.165, 1.54) is 13.8 Å². The van der Waals surface area contributed by atoms with Crippen LogP contribution in [-0.4, -0.2) is 280 Å². The maximum atomic E-state index is 14.8. The third-order valence-corrected chi connectivity index (χ3v) is 23.3. The lowest BCUT2D eigenvalue weighted by atomic mass is 9.41. The van der Waals surface area contributed by atoms with Crippen molar-refractivity contribution in [2.24, 2.45) is 45.3 Å². The number of esters is 2. The Morgan fingerprint density at radius 3 is 1.89 bits per heavy atom. The van der Waals surface area contributed by atoms with Gasteiger partial charge >= 0.3 is 22.3 Å². The van der Waals surface area contributed by atoms with Crippen molar-refractivity contribution in [3.8, 4) is 0 Å². The Bertz CT molecular complexity index is 2810. The summed E-state index contributed by atoms with van der Waals surface area (Å²) in [7, 11) is -4.13. The zero-order chi connectivity index (χ0) is 68.1. The van der Waals surface area contributed by atoms with Crippen LogP contribution in [0.1, 0.15) is 114 Å². The van der Waals surface area contributed by atoms with E-state index in [-0.39, 0.29) is 30.0 Å². The first-order chi connectivity index (χ1) is 43.5. The number of aliphatic hydroxyl groups is 11. The number of carbonyl (C=O) groups is 3. The first kappa shape index (κ1) is 73.1. The normalized spacial score (nSPS) is 50.1. The molecule has 0 radical (unpaired) electrons. The van der Waals surface area contributed by atoms with Crippen LogP contribution in [0, 0.1) is 45.3 Å². The quantitative estimate of drug-likeness (QED) is 0.0347. The maximum Gasteiger partial charge on any atom is 0.397 e. The summed E-state index contributed by atoms with van der Waals surface area (Å²) in [6.07, 6.45) is -37.1. The maximum absolute atomic E-state index is 14.8. The predicted octanol–water partition coefficient (Wildman–Crippen LogP) is -2.30. The van der Waals surface area contributed by atoms with Gasteiger partial charge in [-0.15, -0.1) is 0 Å². The molecule has 10 aliphatic rings. The van der Waals surface area contributed by atoms with Gasteiger partial charge in [0, 0.05) is 31.8 Å². The van der Waals surface area contributed by atoms with Crippen LogP contribution in [0.3, 0.4) is 0 Å². The monoisotopic (exact) mass is 1360 g/mol. The minimum Gasteiger partial charge on any atom is -0.462 e. The fourth-order valence-corrected chi connectivity index (χ4v) is 18.3. The molecule has 10 rings (SSSR count). The molecule has 532 valence electrons. The molecule has 12 N–H and O–H groups in total. The summed E-state index contributed by atoms with van der Waals surface area (Å²) in [5.74, 6) is -2.05. The first-order valence-corrected chi connectivity index (χ1v) is 33.6. The molecule has 0 amide bonds. The molecule has 0 unspecified atom stereocenters. The number of rotatable bonds is 20. The Morgan fingerprint density at radius 1 is 0.688 bits per heavy atom. The van der Waals surface area contributed by atoms with E-state index in [4.69, 9.17) is 65.8 Å². The van der Waals surface area contributed by atoms with Gasteiger partial charge in [0.1, 0.15) is 121 Å². The Kier molecular flexibility index (Phi) is 21.6. The number of carbonyl (C=O) groups excluding carboxylic acids is 3. The topological polar surface area (TPSA) is 457 Å². The smallest absolute Gasteiger partial charge is 0.397 e. The molecule has 0 aromatic carbocycles. The number of cyclic esters (lactones) is 1. The molecule has 6 heterocycles. The highest BCUT2D eigenvalue weighted by Crippen LogP contribution is 2.77. The number of aliphatic hydroxyl groups excluding tert-OH is 11. The van der Waals surface area contributed by atoms with Crippen LogP contribution in [0.25, 0.3) is 0 Å². The van der Waals surface area contributed by atoms with Crippen LogP contribution < -0.4 is 0 Å². The van der Waals surface area contributed by atoms with Crippen LogP contribution in [0.2, 0.25) is 0 Å². The number of Topliss-reactive ketones (excluding diaryl/α,β-unsaturated/α-hetero) is 1. The summed E-state index contributed by atoms with van der Waals surface area (Å²) in [4.78, 5) is 41.3. The fourth-order valence-electron chi connectivity index (χ4n) is 17.8. The lowest BCUT2D eigenvalue weighted by molar-refractivity contribution is -0.403. The van der Waals surface area contributed by atoms with Crippen molar-refractivity contribution in [1.29, 1.82) is 0 Å². The summed E-state index contributed by atoms with van der Waals surface area (Å²) >= 11 is 0. The molecule has 0 bridgehead atoms. The van der Waals surface area contributed by atoms with Crippen LogP contribution in [0.15, 0.2) is 11.6 Å². The molecule has 93 heavy (non-hydrogen) atoms. The van der Waals surface area contributed by atoms with Crippen molar-refractivity contribution in [1.82, 2.24) is 0 Å². The van der Waals surface area contributed by atoms with E-state index in [0.717, 1.165) is 12.7 Å². The Morgan fingerprint density at radius 2 is 1.28 bits per heavy atom. The number of ether oxygens (including phenoxy) is 13. The van der Waals surface area contributed by atoms with E-state index in [1.807, 2.05) is 27.7 Å². The molecular weight excluding hydrogens is 1260 g/mol. The molecule has 6 aliphatic heterocycles. The second kappa shape index (κ2) is 27.5. The SMILES string of the molecule is CC[C@H](C)C(=O)C[C@]1(C)OC(=O)[C@]23CC[C@H]4C(=CC[C@H]5C(C)(C)[C@@H](O[C@@H]6OC[C@@H](OS(=O)(=O)O)[C@H](O)[C@H]6O[C@@H]6O[C@H](C)[C@@H](O[C@@H]7O[C@H](CO)[C@@H](O)[C@H](O[C@@H]8O[C@H](CO)[C@@H](O)[C@H](OC)[C@H]8O)[C@H]7O)[C@H](O)[C@H]6O[C@@H]6OC[C@@H](O)[C@H](O)[C@H]6O)CC[C@]45C)[C@]2(C)C[C@H](OC(C)=O)[C@@H]31. The first-order valence-electron chi connectivity index (χ1n) is 32.2. The number of ketones is 1. The van der Waals surface area contributed by atoms with Gasteiger partial charge in [-0.3, -0.25) is 18.9 Å². The second-order valence-electron chi connectivity index (χ2n) is 28.5. The molecule has 1 spiro atoms. The van der Waals surface area contributed by atoms with Gasteiger partial charge in [0.05, 0.1) is 50.0 Å². The van der Waals surface area contributed by atoms with Crippen molar-refractivity contribution in [2.75, 3.05) is 33.5 Å². The van der Waals surface area contributed by atoms with E-state index < -0.39 is 235 Å². The zero-order valence-corrected chi connectivity index (χ0v) is 54.7. The number of fused-ring (bicyclic) bond motifs is 4. The van der Waals surface area contributed by atoms with Crippen molar-refractivity contribution in [2.45, 2.75) is 273 Å². The highest BCUT2D eigenvalue weighted by molar-refractivity contribution is 7.80. The van der Waals surface area contributed by atoms with Crippen molar-refractivity contribution >= 4 is 28.1 Å². The highest BCUT2D eigenvalue weighted by atomic mass is 32.3. The van der Waals surface area contributed by atoms with Crippen LogP contribution in [0.5, 0.6) is 0 Å². The summed E-state index contributed by atoms with van der Waals surface area (Å²) in [5.41, 5.74) is -3.30. The number of hydrogen-bond acceptors (Lipinski definition) is 30. The molecule has 0 aromatic rings. The van der Waals surface area contributed by atoms with Gasteiger partial charge in [0.2, 0.25) is 0 Å². The summed E-state index contributed by atoms with van der Waals surface area (Å²) in [5, 5.41) is 122. The standard InChI is InChI=1S/C61H96O31S/c1-11-24(2)29(65)18-60(9)50-31(83-26(4)64)19-59(8)28-12-13-35-57(5,6)36(15-16-58(35,7)27(28)14-17-61(50,59)56(75)91-60)86-54-48(40(70)34(23-81-54)92-93(76,77)78)90-55-49(89-51-41(71)37(67)30(66)22-80-51)42(72)45(25(3)82-55)87-53-44(74)47(39(69)33(21-63)85-53)88-52-43(73)46(79-10)38(68)32(20-62)84-52/h12,24-25,27,30-55,62-63,66-74H,11,13-23H2,1-10H3,(H,76,77,78)/t24-,25+,27-,30+,31-,32+,33+,34+,35-,36-,37-,38+,39+,40-,41+,42-,43+,44+,45+,46-,47-,48+,49+,50+,51-,52-,53-,54-,55-,58+,59-,60-,61+/m0/s1. The summed E-state index contributed by atoms with van der Waals surface area (Å²) in [6, 6.07) is 0. The lowest BCUT2D eigenvalue weighted by Crippen LogP contribution is -2.68. The average molecular weight is 1360 g/mol. The van der Waals surface area contributed by atoms with Gasteiger partial charge in [-0.05, 0) is 81.5 Å². The second-order valence-corrected chi connectivity index (χ2v) is 29.6. The minimum absolute atomic E-state index is 0.0203. The average Bonchev–Trinajstić information content (AvgIpc) is 1.51. The third-order valence-electron chi connectivity index (χ3n) is 22.8. The number of methoxy groups -OCH3 is 1. The number of allylic oxidation sites excluding steroid dienone is 2.